The maximum atomic E-state index is 13.3. The number of rotatable bonds is 2. The normalized spacial score (nSPS) is 11.5. The van der Waals surface area contributed by atoms with E-state index in [1.54, 1.807) is 0 Å². The average Bonchev–Trinajstić information content (AvgIpc) is 2.53. The lowest BCUT2D eigenvalue weighted by molar-refractivity contribution is -0.137. The monoisotopic (exact) mass is 384 g/mol. The highest BCUT2D eigenvalue weighted by molar-refractivity contribution is 6.30. The van der Waals surface area contributed by atoms with Gasteiger partial charge in [-0.3, -0.25) is 0 Å². The van der Waals surface area contributed by atoms with Gasteiger partial charge in [0.1, 0.15) is 11.3 Å². The summed E-state index contributed by atoms with van der Waals surface area (Å²) < 4.78 is 49.3. The molecule has 2 aromatic carbocycles. The number of benzene rings is 2. The van der Waals surface area contributed by atoms with Crippen LogP contribution in [0.2, 0.25) is 5.02 Å². The minimum absolute atomic E-state index is 0.0278. The fourth-order valence-corrected chi connectivity index (χ4v) is 2.60. The van der Waals surface area contributed by atoms with Crippen molar-refractivity contribution in [2.45, 2.75) is 6.18 Å². The maximum absolute atomic E-state index is 13.3. The molecule has 26 heavy (non-hydrogen) atoms. The van der Waals surface area contributed by atoms with Crippen LogP contribution in [0.5, 0.6) is 5.75 Å². The molecule has 9 heteroatoms. The van der Waals surface area contributed by atoms with Gasteiger partial charge in [-0.15, -0.1) is 0 Å². The van der Waals surface area contributed by atoms with E-state index in [1.807, 2.05) is 0 Å². The topological polar surface area (TPSA) is 76.7 Å². The molecular formula is C17H8ClF3O5. The molecule has 0 unspecified atom stereocenters. The van der Waals surface area contributed by atoms with E-state index < -0.39 is 23.5 Å². The first-order chi connectivity index (χ1) is 12.1. The smallest absolute Gasteiger partial charge is 0.449 e. The Morgan fingerprint density at radius 3 is 2.46 bits per heavy atom. The molecule has 1 aromatic heterocycles. The molecule has 0 aliphatic carbocycles. The van der Waals surface area contributed by atoms with Crippen LogP contribution in [0.3, 0.4) is 0 Å². The van der Waals surface area contributed by atoms with Gasteiger partial charge in [-0.2, -0.15) is 13.2 Å². The van der Waals surface area contributed by atoms with Gasteiger partial charge in [0, 0.05) is 22.0 Å². The zero-order chi connectivity index (χ0) is 19.1. The first kappa shape index (κ1) is 17.8. The van der Waals surface area contributed by atoms with Crippen LogP contribution in [-0.4, -0.2) is 11.3 Å². The Bertz CT molecular complexity index is 1070. The highest BCUT2D eigenvalue weighted by atomic mass is 35.5. The number of ether oxygens (including phenoxy) is 1. The Morgan fingerprint density at radius 1 is 1.08 bits per heavy atom. The van der Waals surface area contributed by atoms with Crippen LogP contribution >= 0.6 is 11.6 Å². The van der Waals surface area contributed by atoms with E-state index in [-0.39, 0.29) is 27.5 Å². The van der Waals surface area contributed by atoms with Gasteiger partial charge in [0.05, 0.1) is 11.1 Å². The van der Waals surface area contributed by atoms with Gasteiger partial charge in [-0.25, -0.2) is 9.59 Å². The van der Waals surface area contributed by atoms with Crippen LogP contribution in [0.25, 0.3) is 22.1 Å². The minimum atomic E-state index is -4.72. The summed E-state index contributed by atoms with van der Waals surface area (Å²) in [6.07, 6.45) is -6.28. The van der Waals surface area contributed by atoms with Crippen molar-refractivity contribution in [1.29, 1.82) is 0 Å². The molecule has 0 fully saturated rings. The number of hydrogen-bond acceptors (Lipinski definition) is 4. The fraction of sp³-hybridized carbons (Fsp3) is 0.0588. The van der Waals surface area contributed by atoms with E-state index in [0.29, 0.717) is 5.39 Å². The molecule has 134 valence electrons. The van der Waals surface area contributed by atoms with E-state index in [9.17, 15) is 22.8 Å². The summed E-state index contributed by atoms with van der Waals surface area (Å²) in [5.41, 5.74) is -2.78. The lowest BCUT2D eigenvalue weighted by Crippen LogP contribution is -2.11. The van der Waals surface area contributed by atoms with Gasteiger partial charge >= 0.3 is 18.0 Å². The summed E-state index contributed by atoms with van der Waals surface area (Å²) in [6, 6.07) is 8.08. The third kappa shape index (κ3) is 3.50. The standard InChI is InChI=1S/C17H8ClF3O5/c18-9-2-4-11(13(6-9)17(19,20)21)12-5-8-1-3-10(25-16(23)24)7-14(8)26-15(12)22/h1-7H,(H,23,24). The Balaban J connectivity index is 2.20. The number of carbonyl (C=O) groups is 1. The molecule has 0 bridgehead atoms. The van der Waals surface area contributed by atoms with Crippen LogP contribution in [0.15, 0.2) is 51.7 Å². The summed E-state index contributed by atoms with van der Waals surface area (Å²) in [4.78, 5) is 22.7. The SMILES string of the molecule is O=C(O)Oc1ccc2cc(-c3ccc(Cl)cc3C(F)(F)F)c(=O)oc2c1. The Labute approximate surface area is 148 Å². The van der Waals surface area contributed by atoms with Crippen LogP contribution in [0.4, 0.5) is 18.0 Å². The number of halogens is 4. The molecule has 1 N–H and O–H groups in total. The van der Waals surface area contributed by atoms with E-state index in [4.69, 9.17) is 21.1 Å². The molecule has 0 aliphatic rings. The summed E-state index contributed by atoms with van der Waals surface area (Å²) in [5.74, 6) is -0.0941. The number of alkyl halides is 3. The second-order valence-electron chi connectivity index (χ2n) is 5.20. The van der Waals surface area contributed by atoms with Crippen LogP contribution in [0.1, 0.15) is 5.56 Å². The molecule has 0 saturated carbocycles. The lowest BCUT2D eigenvalue weighted by Gasteiger charge is -2.13. The summed E-state index contributed by atoms with van der Waals surface area (Å²) in [5, 5.41) is 8.75. The molecule has 0 atom stereocenters. The summed E-state index contributed by atoms with van der Waals surface area (Å²) >= 11 is 5.64. The predicted molar refractivity (Wildman–Crippen MR) is 86.6 cm³/mol. The van der Waals surface area contributed by atoms with Gasteiger partial charge in [0.2, 0.25) is 0 Å². The third-order valence-electron chi connectivity index (χ3n) is 3.49. The van der Waals surface area contributed by atoms with Gasteiger partial charge < -0.3 is 14.3 Å². The zero-order valence-corrected chi connectivity index (χ0v) is 13.4. The Kier molecular flexibility index (Phi) is 4.37. The molecule has 0 aliphatic heterocycles. The van der Waals surface area contributed by atoms with Crippen molar-refractivity contribution < 1.29 is 32.2 Å². The lowest BCUT2D eigenvalue weighted by atomic mass is 9.99. The first-order valence-corrected chi connectivity index (χ1v) is 7.39. The van der Waals surface area contributed by atoms with Crippen molar-refractivity contribution in [2.75, 3.05) is 0 Å². The molecule has 0 spiro atoms. The molecule has 0 amide bonds. The molecular weight excluding hydrogens is 377 g/mol. The van der Waals surface area contributed by atoms with Gasteiger partial charge in [-0.05, 0) is 30.3 Å². The van der Waals surface area contributed by atoms with E-state index in [0.717, 1.165) is 18.2 Å². The largest absolute Gasteiger partial charge is 0.511 e. The minimum Gasteiger partial charge on any atom is -0.449 e. The van der Waals surface area contributed by atoms with Crippen molar-refractivity contribution >= 4 is 28.7 Å². The van der Waals surface area contributed by atoms with Crippen molar-refractivity contribution in [3.63, 3.8) is 0 Å². The van der Waals surface area contributed by atoms with Crippen molar-refractivity contribution in [3.05, 3.63) is 63.5 Å². The zero-order valence-electron chi connectivity index (χ0n) is 12.6. The summed E-state index contributed by atoms with van der Waals surface area (Å²) in [7, 11) is 0. The molecule has 1 heterocycles. The number of fused-ring (bicyclic) bond motifs is 1. The van der Waals surface area contributed by atoms with Crippen LogP contribution in [0, 0.1) is 0 Å². The Hall–Kier alpha value is -3.00. The number of carboxylic acid groups (broad SMARTS) is 1. The fourth-order valence-electron chi connectivity index (χ4n) is 2.43. The molecule has 3 aromatic rings. The van der Waals surface area contributed by atoms with Crippen LogP contribution in [-0.2, 0) is 6.18 Å². The maximum Gasteiger partial charge on any atom is 0.511 e. The molecule has 3 rings (SSSR count). The van der Waals surface area contributed by atoms with Gasteiger partial charge in [-0.1, -0.05) is 17.7 Å². The van der Waals surface area contributed by atoms with E-state index in [2.05, 4.69) is 4.74 Å². The molecule has 0 saturated heterocycles. The third-order valence-corrected chi connectivity index (χ3v) is 3.72. The highest BCUT2D eigenvalue weighted by Crippen LogP contribution is 2.38. The van der Waals surface area contributed by atoms with Crippen molar-refractivity contribution in [2.24, 2.45) is 0 Å². The second-order valence-corrected chi connectivity index (χ2v) is 5.64. The van der Waals surface area contributed by atoms with Gasteiger partial charge in [0.15, 0.2) is 0 Å². The highest BCUT2D eigenvalue weighted by Gasteiger charge is 2.34. The van der Waals surface area contributed by atoms with E-state index >= 15 is 0 Å². The van der Waals surface area contributed by atoms with Crippen LogP contribution < -0.4 is 10.4 Å². The first-order valence-electron chi connectivity index (χ1n) is 7.01. The predicted octanol–water partition coefficient (Wildman–Crippen LogP) is 5.19. The summed E-state index contributed by atoms with van der Waals surface area (Å²) in [6.45, 7) is 0. The molecule has 5 nitrogen and oxygen atoms in total. The second kappa shape index (κ2) is 6.38. The average molecular weight is 385 g/mol. The number of hydrogen-bond donors (Lipinski definition) is 1. The van der Waals surface area contributed by atoms with Crippen molar-refractivity contribution in [1.82, 2.24) is 0 Å². The molecule has 0 radical (unpaired) electrons. The Morgan fingerprint density at radius 2 is 1.81 bits per heavy atom. The quantitative estimate of drug-likeness (QED) is 0.374. The van der Waals surface area contributed by atoms with Gasteiger partial charge in [0.25, 0.3) is 0 Å². The van der Waals surface area contributed by atoms with E-state index in [1.165, 1.54) is 24.3 Å². The van der Waals surface area contributed by atoms with Crippen molar-refractivity contribution in [3.8, 4) is 16.9 Å².